The maximum Gasteiger partial charge on any atom is 0.0771 e. The molecule has 2 heteroatoms. The molecular weight excluding hydrogens is 186 g/mol. The van der Waals surface area contributed by atoms with Crippen LogP contribution in [0, 0.1) is 5.92 Å². The molecule has 1 saturated carbocycles. The van der Waals surface area contributed by atoms with Gasteiger partial charge in [0.1, 0.15) is 0 Å². The highest BCUT2D eigenvalue weighted by Crippen LogP contribution is 2.33. The summed E-state index contributed by atoms with van der Waals surface area (Å²) in [6.45, 7) is 6.30. The molecule has 0 radical (unpaired) electrons. The van der Waals surface area contributed by atoms with Crippen LogP contribution in [0.4, 0.5) is 0 Å². The van der Waals surface area contributed by atoms with Crippen LogP contribution < -0.4 is 5.32 Å². The number of nitrogens with one attached hydrogen (secondary N) is 1. The highest BCUT2D eigenvalue weighted by molar-refractivity contribution is 4.86. The smallest absolute Gasteiger partial charge is 0.0771 e. The van der Waals surface area contributed by atoms with E-state index >= 15 is 0 Å². The van der Waals surface area contributed by atoms with Gasteiger partial charge in [0.2, 0.25) is 0 Å². The predicted octanol–water partition coefficient (Wildman–Crippen LogP) is 2.71. The molecule has 0 aromatic rings. The topological polar surface area (TPSA) is 32.3 Å². The van der Waals surface area contributed by atoms with Crippen LogP contribution >= 0.6 is 0 Å². The molecule has 0 heterocycles. The zero-order valence-electron chi connectivity index (χ0n) is 10.4. The summed E-state index contributed by atoms with van der Waals surface area (Å²) in [7, 11) is 0. The van der Waals surface area contributed by atoms with Crippen LogP contribution in [0.15, 0.2) is 0 Å². The molecule has 2 nitrogen and oxygen atoms in total. The van der Waals surface area contributed by atoms with E-state index in [0.717, 1.165) is 31.8 Å². The molecule has 0 saturated heterocycles. The SMILES string of the molecule is CCCCNCC1(O)CCC(CC)CC1. The average Bonchev–Trinajstić information content (AvgIpc) is 2.26. The summed E-state index contributed by atoms with van der Waals surface area (Å²) in [6.07, 6.45) is 8.12. The normalized spacial score (nSPS) is 31.8. The minimum Gasteiger partial charge on any atom is -0.389 e. The van der Waals surface area contributed by atoms with Gasteiger partial charge >= 0.3 is 0 Å². The zero-order chi connectivity index (χ0) is 11.1. The first-order chi connectivity index (χ1) is 7.20. The number of hydrogen-bond donors (Lipinski definition) is 2. The van der Waals surface area contributed by atoms with Gasteiger partial charge in [-0.05, 0) is 44.6 Å². The van der Waals surface area contributed by atoms with Crippen molar-refractivity contribution in [2.45, 2.75) is 64.4 Å². The second-order valence-electron chi connectivity index (χ2n) is 5.11. The van der Waals surface area contributed by atoms with Gasteiger partial charge in [0.15, 0.2) is 0 Å². The number of hydrogen-bond acceptors (Lipinski definition) is 2. The Morgan fingerprint density at radius 1 is 1.27 bits per heavy atom. The van der Waals surface area contributed by atoms with Gasteiger partial charge in [0, 0.05) is 6.54 Å². The summed E-state index contributed by atoms with van der Waals surface area (Å²) < 4.78 is 0. The van der Waals surface area contributed by atoms with Crippen molar-refractivity contribution in [2.75, 3.05) is 13.1 Å². The van der Waals surface area contributed by atoms with Crippen molar-refractivity contribution in [1.82, 2.24) is 5.32 Å². The van der Waals surface area contributed by atoms with Crippen molar-refractivity contribution in [1.29, 1.82) is 0 Å². The summed E-state index contributed by atoms with van der Waals surface area (Å²) in [6, 6.07) is 0. The first-order valence-corrected chi connectivity index (χ1v) is 6.63. The quantitative estimate of drug-likeness (QED) is 0.665. The van der Waals surface area contributed by atoms with Crippen LogP contribution in [0.2, 0.25) is 0 Å². The van der Waals surface area contributed by atoms with Crippen molar-refractivity contribution >= 4 is 0 Å². The van der Waals surface area contributed by atoms with E-state index in [1.54, 1.807) is 0 Å². The van der Waals surface area contributed by atoms with Crippen molar-refractivity contribution < 1.29 is 5.11 Å². The van der Waals surface area contributed by atoms with E-state index < -0.39 is 5.60 Å². The lowest BCUT2D eigenvalue weighted by molar-refractivity contribution is -0.00845. The molecule has 2 N–H and O–H groups in total. The third-order valence-corrected chi connectivity index (χ3v) is 3.77. The Morgan fingerprint density at radius 3 is 2.47 bits per heavy atom. The van der Waals surface area contributed by atoms with Gasteiger partial charge in [-0.1, -0.05) is 26.7 Å². The number of unbranched alkanes of at least 4 members (excludes halogenated alkanes) is 1. The fraction of sp³-hybridized carbons (Fsp3) is 1.00. The van der Waals surface area contributed by atoms with E-state index in [1.165, 1.54) is 32.1 Å². The Labute approximate surface area is 94.5 Å². The Morgan fingerprint density at radius 2 is 1.93 bits per heavy atom. The summed E-state index contributed by atoms with van der Waals surface area (Å²) in [4.78, 5) is 0. The molecule has 1 aliphatic rings. The van der Waals surface area contributed by atoms with Crippen molar-refractivity contribution in [3.63, 3.8) is 0 Å². The molecule has 0 aromatic carbocycles. The Bertz CT molecular complexity index is 162. The molecule has 1 fully saturated rings. The minimum absolute atomic E-state index is 0.403. The molecular formula is C13H27NO. The maximum absolute atomic E-state index is 10.3. The van der Waals surface area contributed by atoms with E-state index in [9.17, 15) is 5.11 Å². The van der Waals surface area contributed by atoms with Gasteiger partial charge in [-0.25, -0.2) is 0 Å². The molecule has 0 amide bonds. The monoisotopic (exact) mass is 213 g/mol. The van der Waals surface area contributed by atoms with E-state index in [1.807, 2.05) is 0 Å². The Hall–Kier alpha value is -0.0800. The molecule has 1 aliphatic carbocycles. The number of rotatable bonds is 6. The van der Waals surface area contributed by atoms with Gasteiger partial charge in [0.05, 0.1) is 5.60 Å². The molecule has 0 aliphatic heterocycles. The first-order valence-electron chi connectivity index (χ1n) is 6.63. The van der Waals surface area contributed by atoms with E-state index in [4.69, 9.17) is 0 Å². The standard InChI is InChI=1S/C13H27NO/c1-3-5-10-14-11-13(15)8-6-12(4-2)7-9-13/h12,14-15H,3-11H2,1-2H3. The molecule has 0 aromatic heterocycles. The molecule has 15 heavy (non-hydrogen) atoms. The lowest BCUT2D eigenvalue weighted by Gasteiger charge is -2.36. The van der Waals surface area contributed by atoms with Gasteiger partial charge < -0.3 is 10.4 Å². The highest BCUT2D eigenvalue weighted by atomic mass is 16.3. The Balaban J connectivity index is 2.17. The molecule has 0 bridgehead atoms. The lowest BCUT2D eigenvalue weighted by Crippen LogP contribution is -2.43. The third-order valence-electron chi connectivity index (χ3n) is 3.77. The lowest BCUT2D eigenvalue weighted by atomic mass is 9.78. The van der Waals surface area contributed by atoms with E-state index in [0.29, 0.717) is 0 Å². The van der Waals surface area contributed by atoms with Gasteiger partial charge in [0.25, 0.3) is 0 Å². The molecule has 0 unspecified atom stereocenters. The fourth-order valence-corrected chi connectivity index (χ4v) is 2.42. The van der Waals surface area contributed by atoms with Crippen molar-refractivity contribution in [3.8, 4) is 0 Å². The van der Waals surface area contributed by atoms with Crippen LogP contribution in [-0.4, -0.2) is 23.8 Å². The summed E-state index contributed by atoms with van der Waals surface area (Å²) >= 11 is 0. The van der Waals surface area contributed by atoms with E-state index in [2.05, 4.69) is 19.2 Å². The third kappa shape index (κ3) is 4.52. The highest BCUT2D eigenvalue weighted by Gasteiger charge is 2.31. The van der Waals surface area contributed by atoms with Crippen LogP contribution in [0.5, 0.6) is 0 Å². The fourth-order valence-electron chi connectivity index (χ4n) is 2.42. The minimum atomic E-state index is -0.403. The molecule has 90 valence electrons. The van der Waals surface area contributed by atoms with Crippen molar-refractivity contribution in [2.24, 2.45) is 5.92 Å². The van der Waals surface area contributed by atoms with Crippen LogP contribution in [0.25, 0.3) is 0 Å². The largest absolute Gasteiger partial charge is 0.389 e. The van der Waals surface area contributed by atoms with Crippen LogP contribution in [0.1, 0.15) is 58.8 Å². The first kappa shape index (κ1) is 13.0. The summed E-state index contributed by atoms with van der Waals surface area (Å²) in [5.74, 6) is 0.862. The second kappa shape index (κ2) is 6.49. The van der Waals surface area contributed by atoms with Gasteiger partial charge in [-0.15, -0.1) is 0 Å². The average molecular weight is 213 g/mol. The Kier molecular flexibility index (Phi) is 5.62. The van der Waals surface area contributed by atoms with Crippen LogP contribution in [-0.2, 0) is 0 Å². The zero-order valence-corrected chi connectivity index (χ0v) is 10.4. The van der Waals surface area contributed by atoms with Gasteiger partial charge in [-0.3, -0.25) is 0 Å². The van der Waals surface area contributed by atoms with Gasteiger partial charge in [-0.2, -0.15) is 0 Å². The predicted molar refractivity (Wildman–Crippen MR) is 65.0 cm³/mol. The molecule has 1 rings (SSSR count). The maximum atomic E-state index is 10.3. The van der Waals surface area contributed by atoms with E-state index in [-0.39, 0.29) is 0 Å². The number of aliphatic hydroxyl groups is 1. The van der Waals surface area contributed by atoms with Crippen LogP contribution in [0.3, 0.4) is 0 Å². The summed E-state index contributed by atoms with van der Waals surface area (Å²) in [5.41, 5.74) is -0.403. The van der Waals surface area contributed by atoms with Crippen molar-refractivity contribution in [3.05, 3.63) is 0 Å². The second-order valence-corrected chi connectivity index (χ2v) is 5.11. The molecule has 0 atom stereocenters. The molecule has 0 spiro atoms. The summed E-state index contributed by atoms with van der Waals surface area (Å²) in [5, 5.41) is 13.7.